The number of allylic oxidation sites excluding steroid dienone is 3. The maximum absolute atomic E-state index is 6.47. The molecule has 2 unspecified atom stereocenters. The van der Waals surface area contributed by atoms with Crippen molar-refractivity contribution < 1.29 is 0 Å². The molecule has 1 saturated heterocycles. The molecule has 2 aliphatic heterocycles. The van der Waals surface area contributed by atoms with E-state index < -0.39 is 0 Å². The summed E-state index contributed by atoms with van der Waals surface area (Å²) in [7, 11) is 0. The van der Waals surface area contributed by atoms with E-state index in [1.807, 2.05) is 12.3 Å². The number of pyridine rings is 1. The van der Waals surface area contributed by atoms with Gasteiger partial charge in [0.2, 0.25) is 0 Å². The average molecular weight is 446 g/mol. The number of aliphatic imine (C=N–C) groups is 1. The van der Waals surface area contributed by atoms with E-state index in [4.69, 9.17) is 16.6 Å². The first-order chi connectivity index (χ1) is 15.7. The van der Waals surface area contributed by atoms with Crippen molar-refractivity contribution >= 4 is 29.5 Å². The number of aromatic nitrogens is 1. The van der Waals surface area contributed by atoms with Crippen LogP contribution in [0.1, 0.15) is 73.8 Å². The van der Waals surface area contributed by atoms with Crippen molar-refractivity contribution in [1.82, 2.24) is 10.3 Å². The molecule has 32 heavy (non-hydrogen) atoms. The zero-order valence-corrected chi connectivity index (χ0v) is 19.6. The van der Waals surface area contributed by atoms with Gasteiger partial charge in [0.05, 0.1) is 5.69 Å². The fourth-order valence-electron chi connectivity index (χ4n) is 5.58. The lowest BCUT2D eigenvalue weighted by molar-refractivity contribution is 0.339. The van der Waals surface area contributed by atoms with Gasteiger partial charge in [-0.25, -0.2) is 0 Å². The molecule has 5 rings (SSSR count). The summed E-state index contributed by atoms with van der Waals surface area (Å²) < 4.78 is 0. The highest BCUT2D eigenvalue weighted by molar-refractivity contribution is 6.30. The summed E-state index contributed by atoms with van der Waals surface area (Å²) in [6.07, 6.45) is 15.6. The molecule has 1 aliphatic carbocycles. The van der Waals surface area contributed by atoms with Gasteiger partial charge in [0.25, 0.3) is 0 Å². The summed E-state index contributed by atoms with van der Waals surface area (Å²) in [4.78, 5) is 9.63. The normalized spacial score (nSPS) is 23.4. The van der Waals surface area contributed by atoms with Gasteiger partial charge >= 0.3 is 0 Å². The Bertz CT molecular complexity index is 1060. The van der Waals surface area contributed by atoms with E-state index in [2.05, 4.69) is 59.9 Å². The monoisotopic (exact) mass is 445 g/mol. The topological polar surface area (TPSA) is 37.3 Å². The number of piperidine rings is 1. The molecule has 4 heteroatoms. The van der Waals surface area contributed by atoms with Gasteiger partial charge in [0.15, 0.2) is 0 Å². The van der Waals surface area contributed by atoms with Crippen molar-refractivity contribution in [3.05, 3.63) is 75.7 Å². The van der Waals surface area contributed by atoms with E-state index in [1.54, 1.807) is 0 Å². The Labute approximate surface area is 196 Å². The van der Waals surface area contributed by atoms with Crippen LogP contribution in [0.5, 0.6) is 0 Å². The third-order valence-corrected chi connectivity index (χ3v) is 7.53. The van der Waals surface area contributed by atoms with Gasteiger partial charge in [-0.2, -0.15) is 0 Å². The van der Waals surface area contributed by atoms with Gasteiger partial charge in [-0.3, -0.25) is 9.98 Å². The molecule has 3 heterocycles. The second-order valence-corrected chi connectivity index (χ2v) is 9.88. The molecule has 0 amide bonds. The number of nitrogens with zero attached hydrogens (tertiary/aromatic N) is 2. The molecule has 1 aromatic carbocycles. The number of rotatable bonds is 4. The first-order valence-corrected chi connectivity index (χ1v) is 12.4. The molecule has 3 aliphatic rings. The van der Waals surface area contributed by atoms with Gasteiger partial charge in [-0.05, 0) is 111 Å². The predicted molar refractivity (Wildman–Crippen MR) is 135 cm³/mol. The molecule has 1 aromatic heterocycles. The zero-order chi connectivity index (χ0) is 21.9. The SMILES string of the molecule is CC1=CCCC(CCC2=Cc3cc(Cl)ccc3C(C3CCNCC3)c3ncccc32)C=N1. The van der Waals surface area contributed by atoms with Gasteiger partial charge in [-0.1, -0.05) is 35.9 Å². The van der Waals surface area contributed by atoms with Crippen LogP contribution in [0.15, 0.2) is 53.3 Å². The Morgan fingerprint density at radius 3 is 2.88 bits per heavy atom. The molecule has 2 atom stereocenters. The number of hydrogen-bond acceptors (Lipinski definition) is 3. The van der Waals surface area contributed by atoms with E-state index in [-0.39, 0.29) is 0 Å². The molecule has 1 N–H and O–H groups in total. The van der Waals surface area contributed by atoms with Crippen molar-refractivity contribution in [2.45, 2.75) is 51.4 Å². The lowest BCUT2D eigenvalue weighted by Gasteiger charge is -2.32. The van der Waals surface area contributed by atoms with Gasteiger partial charge in [0.1, 0.15) is 0 Å². The third-order valence-electron chi connectivity index (χ3n) is 7.30. The largest absolute Gasteiger partial charge is 0.317 e. The van der Waals surface area contributed by atoms with Crippen LogP contribution in [-0.2, 0) is 0 Å². The summed E-state index contributed by atoms with van der Waals surface area (Å²) in [6, 6.07) is 10.8. The molecule has 1 fully saturated rings. The summed E-state index contributed by atoms with van der Waals surface area (Å²) in [5.74, 6) is 1.44. The lowest BCUT2D eigenvalue weighted by Crippen LogP contribution is -2.32. The Hall–Kier alpha value is -2.23. The first-order valence-electron chi connectivity index (χ1n) is 12.1. The minimum Gasteiger partial charge on any atom is -0.317 e. The van der Waals surface area contributed by atoms with Crippen LogP contribution in [0.2, 0.25) is 5.02 Å². The molecular weight excluding hydrogens is 414 g/mol. The predicted octanol–water partition coefficient (Wildman–Crippen LogP) is 6.89. The highest BCUT2D eigenvalue weighted by atomic mass is 35.5. The van der Waals surface area contributed by atoms with Gasteiger partial charge in [-0.15, -0.1) is 0 Å². The highest BCUT2D eigenvalue weighted by Gasteiger charge is 2.33. The van der Waals surface area contributed by atoms with Crippen LogP contribution in [0.4, 0.5) is 0 Å². The molecular formula is C28H32ClN3. The fourth-order valence-corrected chi connectivity index (χ4v) is 5.76. The fraction of sp³-hybridized carbons (Fsp3) is 0.429. The molecule has 0 saturated carbocycles. The molecule has 0 spiro atoms. The number of nitrogens with one attached hydrogen (secondary N) is 1. The van der Waals surface area contributed by atoms with Crippen LogP contribution in [0.3, 0.4) is 0 Å². The minimum atomic E-state index is 0.320. The molecule has 0 radical (unpaired) electrons. The first kappa shape index (κ1) is 21.6. The van der Waals surface area contributed by atoms with E-state index >= 15 is 0 Å². The Morgan fingerprint density at radius 2 is 2.00 bits per heavy atom. The Morgan fingerprint density at radius 1 is 1.12 bits per heavy atom. The number of hydrogen-bond donors (Lipinski definition) is 1. The summed E-state index contributed by atoms with van der Waals surface area (Å²) in [6.45, 7) is 4.26. The Balaban J connectivity index is 1.52. The molecule has 3 nitrogen and oxygen atoms in total. The third kappa shape index (κ3) is 4.60. The van der Waals surface area contributed by atoms with E-state index in [0.717, 1.165) is 43.1 Å². The van der Waals surface area contributed by atoms with Crippen molar-refractivity contribution in [3.8, 4) is 0 Å². The average Bonchev–Trinajstić information content (AvgIpc) is 3.10. The summed E-state index contributed by atoms with van der Waals surface area (Å²) in [5.41, 5.74) is 7.75. The van der Waals surface area contributed by atoms with E-state index in [1.165, 1.54) is 47.2 Å². The maximum Gasteiger partial charge on any atom is 0.0556 e. The van der Waals surface area contributed by atoms with Crippen molar-refractivity contribution in [2.24, 2.45) is 16.8 Å². The zero-order valence-electron chi connectivity index (χ0n) is 18.9. The second-order valence-electron chi connectivity index (χ2n) is 9.44. The van der Waals surface area contributed by atoms with Crippen LogP contribution in [0, 0.1) is 11.8 Å². The summed E-state index contributed by atoms with van der Waals surface area (Å²) >= 11 is 6.47. The Kier molecular flexibility index (Phi) is 6.56. The smallest absolute Gasteiger partial charge is 0.0556 e. The quantitative estimate of drug-likeness (QED) is 0.556. The second kappa shape index (κ2) is 9.72. The number of fused-ring (bicyclic) bond motifs is 2. The molecule has 166 valence electrons. The van der Waals surface area contributed by atoms with E-state index in [9.17, 15) is 0 Å². The molecule has 2 aromatic rings. The summed E-state index contributed by atoms with van der Waals surface area (Å²) in [5, 5.41) is 4.33. The van der Waals surface area contributed by atoms with Gasteiger partial charge in [0, 0.05) is 29.0 Å². The van der Waals surface area contributed by atoms with Crippen molar-refractivity contribution in [1.29, 1.82) is 0 Å². The maximum atomic E-state index is 6.47. The molecule has 0 bridgehead atoms. The van der Waals surface area contributed by atoms with E-state index in [0.29, 0.717) is 17.8 Å². The van der Waals surface area contributed by atoms with Crippen LogP contribution < -0.4 is 5.32 Å². The van der Waals surface area contributed by atoms with Crippen LogP contribution in [-0.4, -0.2) is 24.3 Å². The minimum absolute atomic E-state index is 0.320. The highest BCUT2D eigenvalue weighted by Crippen LogP contribution is 2.45. The number of halogens is 1. The lowest BCUT2D eigenvalue weighted by atomic mass is 9.76. The number of benzene rings is 1. The van der Waals surface area contributed by atoms with Crippen LogP contribution in [0.25, 0.3) is 11.6 Å². The van der Waals surface area contributed by atoms with Gasteiger partial charge < -0.3 is 5.32 Å². The van der Waals surface area contributed by atoms with Crippen molar-refractivity contribution in [3.63, 3.8) is 0 Å². The van der Waals surface area contributed by atoms with Crippen LogP contribution >= 0.6 is 11.6 Å². The standard InChI is InChI=1S/C28H32ClN3/c1-19-4-2-5-20(18-32-19)7-8-22-16-23-17-24(29)9-10-25(23)27(21-11-14-30-15-12-21)28-26(22)6-3-13-31-28/h3-4,6,9-10,13,16-18,20-21,27,30H,2,5,7-8,11-12,14-15H2,1H3. The van der Waals surface area contributed by atoms with Crippen molar-refractivity contribution in [2.75, 3.05) is 13.1 Å².